The molecule has 0 bridgehead atoms. The van der Waals surface area contributed by atoms with Gasteiger partial charge in [-0.1, -0.05) is 36.8 Å². The molecule has 2 aliphatic carbocycles. The highest BCUT2D eigenvalue weighted by Crippen LogP contribution is 2.57. The molecule has 1 spiro atoms. The van der Waals surface area contributed by atoms with Gasteiger partial charge in [-0.15, -0.1) is 0 Å². The predicted octanol–water partition coefficient (Wildman–Crippen LogP) is 2.00. The molecule has 1 aliphatic heterocycles. The van der Waals surface area contributed by atoms with Crippen molar-refractivity contribution in [2.45, 2.75) is 43.2 Å². The average molecular weight is 370 g/mol. The van der Waals surface area contributed by atoms with Gasteiger partial charge in [-0.2, -0.15) is 0 Å². The first kappa shape index (κ1) is 18.3. The Morgan fingerprint density at radius 2 is 1.89 bits per heavy atom. The number of primary amides is 1. The van der Waals surface area contributed by atoms with Crippen LogP contribution < -0.4 is 5.73 Å². The summed E-state index contributed by atoms with van der Waals surface area (Å²) in [7, 11) is 4.24. The minimum Gasteiger partial charge on any atom is -0.368 e. The fraction of sp³-hybridized carbons (Fsp3) is 0.619. The van der Waals surface area contributed by atoms with Crippen LogP contribution >= 0.6 is 0 Å². The molecule has 1 heterocycles. The van der Waals surface area contributed by atoms with Crippen LogP contribution in [0.25, 0.3) is 0 Å². The van der Waals surface area contributed by atoms with Crippen molar-refractivity contribution in [3.63, 3.8) is 0 Å². The van der Waals surface area contributed by atoms with Crippen LogP contribution in [-0.4, -0.2) is 65.9 Å². The lowest BCUT2D eigenvalue weighted by Crippen LogP contribution is -2.68. The number of hydrogen-bond donors (Lipinski definition) is 1. The molecule has 146 valence electrons. The molecule has 3 amide bonds. The zero-order chi connectivity index (χ0) is 19.2. The summed E-state index contributed by atoms with van der Waals surface area (Å²) in [6.07, 6.45) is 5.45. The maximum Gasteiger partial charge on any atom is 0.321 e. The Bertz CT molecular complexity index is 723. The number of hydrogen-bond acceptors (Lipinski definition) is 3. The van der Waals surface area contributed by atoms with Crippen LogP contribution in [0, 0.1) is 5.92 Å². The van der Waals surface area contributed by atoms with Crippen LogP contribution in [0.2, 0.25) is 0 Å². The predicted molar refractivity (Wildman–Crippen MR) is 104 cm³/mol. The van der Waals surface area contributed by atoms with E-state index in [-0.39, 0.29) is 23.7 Å². The van der Waals surface area contributed by atoms with Crippen molar-refractivity contribution in [3.05, 3.63) is 35.9 Å². The molecule has 0 radical (unpaired) electrons. The van der Waals surface area contributed by atoms with E-state index in [1.54, 1.807) is 4.90 Å². The molecule has 1 aromatic carbocycles. The largest absolute Gasteiger partial charge is 0.368 e. The van der Waals surface area contributed by atoms with Crippen LogP contribution in [0.4, 0.5) is 4.79 Å². The summed E-state index contributed by atoms with van der Waals surface area (Å²) in [5, 5.41) is 0. The second-order valence-electron chi connectivity index (χ2n) is 8.88. The first-order valence-electron chi connectivity index (χ1n) is 9.94. The number of carbonyl (C=O) groups excluding carboxylic acids is 2. The minimum atomic E-state index is -0.440. The quantitative estimate of drug-likeness (QED) is 0.833. The van der Waals surface area contributed by atoms with Crippen molar-refractivity contribution in [1.29, 1.82) is 0 Å². The van der Waals surface area contributed by atoms with Crippen LogP contribution in [0.1, 0.15) is 37.7 Å². The zero-order valence-electron chi connectivity index (χ0n) is 16.4. The summed E-state index contributed by atoms with van der Waals surface area (Å²) in [6, 6.07) is 10.6. The maximum atomic E-state index is 13.1. The smallest absolute Gasteiger partial charge is 0.321 e. The Balaban J connectivity index is 1.61. The van der Waals surface area contributed by atoms with Crippen molar-refractivity contribution in [1.82, 2.24) is 14.7 Å². The standard InChI is InChI=1S/C21H30N4O2/c1-23(2)21(17-9-4-3-5-10-17)13-20(14-21)15-24(12-18(22)26)19(27)25(20)11-16-7-6-8-16/h3-5,9-10,16H,6-8,11-15H2,1-2H3,(H2,22,26)/t20-,21+. The number of nitrogens with zero attached hydrogens (tertiary/aromatic N) is 3. The highest BCUT2D eigenvalue weighted by Gasteiger charge is 2.64. The summed E-state index contributed by atoms with van der Waals surface area (Å²) in [4.78, 5) is 30.6. The van der Waals surface area contributed by atoms with Crippen molar-refractivity contribution in [2.75, 3.05) is 33.7 Å². The van der Waals surface area contributed by atoms with Gasteiger partial charge in [-0.25, -0.2) is 4.79 Å². The van der Waals surface area contributed by atoms with Crippen molar-refractivity contribution in [3.8, 4) is 0 Å². The fourth-order valence-corrected chi connectivity index (χ4v) is 5.27. The van der Waals surface area contributed by atoms with E-state index < -0.39 is 5.91 Å². The molecule has 4 rings (SSSR count). The third kappa shape index (κ3) is 2.90. The molecule has 2 N–H and O–H groups in total. The lowest BCUT2D eigenvalue weighted by Gasteiger charge is -2.61. The first-order chi connectivity index (χ1) is 12.9. The monoisotopic (exact) mass is 370 g/mol. The van der Waals surface area contributed by atoms with Crippen LogP contribution in [-0.2, 0) is 10.3 Å². The second kappa shape index (κ2) is 6.51. The fourth-order valence-electron chi connectivity index (χ4n) is 5.27. The summed E-state index contributed by atoms with van der Waals surface area (Å²) < 4.78 is 0. The van der Waals surface area contributed by atoms with Gasteiger partial charge in [0, 0.05) is 13.1 Å². The lowest BCUT2D eigenvalue weighted by molar-refractivity contribution is -0.118. The van der Waals surface area contributed by atoms with E-state index in [1.807, 2.05) is 6.07 Å². The molecule has 6 nitrogen and oxygen atoms in total. The molecule has 0 unspecified atom stereocenters. The third-order valence-corrected chi connectivity index (χ3v) is 6.98. The summed E-state index contributed by atoms with van der Waals surface area (Å²) in [5.74, 6) is 0.163. The van der Waals surface area contributed by atoms with E-state index >= 15 is 0 Å². The Morgan fingerprint density at radius 1 is 1.22 bits per heavy atom. The Labute approximate surface area is 161 Å². The van der Waals surface area contributed by atoms with Gasteiger partial charge in [0.25, 0.3) is 0 Å². The number of urea groups is 1. The molecule has 0 atom stereocenters. The normalized spacial score (nSPS) is 30.7. The second-order valence-corrected chi connectivity index (χ2v) is 8.88. The number of carbonyl (C=O) groups is 2. The first-order valence-corrected chi connectivity index (χ1v) is 9.94. The van der Waals surface area contributed by atoms with Gasteiger partial charge in [0.05, 0.1) is 11.1 Å². The SMILES string of the molecule is CN(C)[C@]1(c2ccccc2)C[C@@]2(CN(CC(N)=O)C(=O)N2CC2CCC2)C1. The topological polar surface area (TPSA) is 69.9 Å². The number of nitrogens with two attached hydrogens (primary N) is 1. The van der Waals surface area contributed by atoms with Crippen molar-refractivity contribution >= 4 is 11.9 Å². The van der Waals surface area contributed by atoms with Gasteiger partial charge in [0.1, 0.15) is 6.54 Å². The number of rotatable bonds is 6. The maximum absolute atomic E-state index is 13.1. The van der Waals surface area contributed by atoms with Crippen molar-refractivity contribution < 1.29 is 9.59 Å². The van der Waals surface area contributed by atoms with Crippen LogP contribution in [0.5, 0.6) is 0 Å². The molecule has 3 aliphatic rings. The van der Waals surface area contributed by atoms with Crippen LogP contribution in [0.3, 0.4) is 0 Å². The summed E-state index contributed by atoms with van der Waals surface area (Å²) in [5.41, 5.74) is 6.44. The average Bonchev–Trinajstić information content (AvgIpc) is 2.81. The highest BCUT2D eigenvalue weighted by atomic mass is 16.2. The van der Waals surface area contributed by atoms with E-state index in [9.17, 15) is 9.59 Å². The molecular weight excluding hydrogens is 340 g/mol. The Kier molecular flexibility index (Phi) is 4.41. The van der Waals surface area contributed by atoms with Crippen LogP contribution in [0.15, 0.2) is 30.3 Å². The van der Waals surface area contributed by atoms with Gasteiger partial charge in [-0.05, 0) is 51.3 Å². The van der Waals surface area contributed by atoms with E-state index in [4.69, 9.17) is 5.73 Å². The van der Waals surface area contributed by atoms with Gasteiger partial charge in [0.2, 0.25) is 5.91 Å². The van der Waals surface area contributed by atoms with Gasteiger partial charge < -0.3 is 15.5 Å². The molecule has 1 aromatic rings. The minimum absolute atomic E-state index is 0.0129. The molecule has 1 saturated heterocycles. The molecule has 0 aromatic heterocycles. The van der Waals surface area contributed by atoms with Gasteiger partial charge in [0.15, 0.2) is 0 Å². The highest BCUT2D eigenvalue weighted by molar-refractivity contribution is 5.85. The molecular formula is C21H30N4O2. The van der Waals surface area contributed by atoms with Gasteiger partial charge in [-0.3, -0.25) is 9.69 Å². The summed E-state index contributed by atoms with van der Waals surface area (Å²) >= 11 is 0. The molecule has 2 saturated carbocycles. The van der Waals surface area contributed by atoms with E-state index in [2.05, 4.69) is 48.2 Å². The van der Waals surface area contributed by atoms with E-state index in [0.717, 1.165) is 19.4 Å². The molecule has 27 heavy (non-hydrogen) atoms. The third-order valence-electron chi connectivity index (χ3n) is 6.98. The zero-order valence-corrected chi connectivity index (χ0v) is 16.4. The number of amides is 3. The van der Waals surface area contributed by atoms with E-state index in [1.165, 1.54) is 24.8 Å². The number of benzene rings is 1. The Morgan fingerprint density at radius 3 is 2.41 bits per heavy atom. The lowest BCUT2D eigenvalue weighted by atomic mass is 9.58. The van der Waals surface area contributed by atoms with Crippen molar-refractivity contribution in [2.24, 2.45) is 11.7 Å². The molecule has 6 heteroatoms. The van der Waals surface area contributed by atoms with E-state index in [0.29, 0.717) is 12.5 Å². The summed E-state index contributed by atoms with van der Waals surface area (Å²) in [6.45, 7) is 1.43. The molecule has 3 fully saturated rings. The van der Waals surface area contributed by atoms with Gasteiger partial charge >= 0.3 is 6.03 Å². The Hall–Kier alpha value is -2.08.